The molecular weight excluding hydrogens is 362 g/mol. The lowest BCUT2D eigenvalue weighted by Crippen LogP contribution is -2.43. The van der Waals surface area contributed by atoms with E-state index in [-0.39, 0.29) is 23.1 Å². The van der Waals surface area contributed by atoms with Crippen LogP contribution in [0.5, 0.6) is 0 Å². The van der Waals surface area contributed by atoms with Crippen molar-refractivity contribution in [3.05, 3.63) is 75.7 Å². The summed E-state index contributed by atoms with van der Waals surface area (Å²) in [4.78, 5) is 30.7. The van der Waals surface area contributed by atoms with Crippen LogP contribution >= 0.6 is 0 Å². The van der Waals surface area contributed by atoms with Gasteiger partial charge in [0, 0.05) is 17.6 Å². The number of benzene rings is 1. The number of rotatable bonds is 4. The summed E-state index contributed by atoms with van der Waals surface area (Å²) in [5, 5.41) is 3.91. The Hall–Kier alpha value is -2.95. The molecule has 5 heteroatoms. The van der Waals surface area contributed by atoms with E-state index < -0.39 is 0 Å². The van der Waals surface area contributed by atoms with Gasteiger partial charge >= 0.3 is 0 Å². The minimum absolute atomic E-state index is 0.130. The number of fused-ring (bicyclic) bond motifs is 1. The van der Waals surface area contributed by atoms with Crippen molar-refractivity contribution in [2.75, 3.05) is 0 Å². The monoisotopic (exact) mass is 389 g/mol. The molecule has 1 N–H and O–H groups in total. The fraction of sp³-hybridized carbons (Fsp3) is 0.375. The minimum atomic E-state index is -0.294. The van der Waals surface area contributed by atoms with Gasteiger partial charge in [0.25, 0.3) is 11.5 Å². The quantitative estimate of drug-likeness (QED) is 0.732. The van der Waals surface area contributed by atoms with E-state index in [2.05, 4.69) is 17.2 Å². The van der Waals surface area contributed by atoms with E-state index in [9.17, 15) is 9.59 Å². The molecule has 2 unspecified atom stereocenters. The van der Waals surface area contributed by atoms with Crippen molar-refractivity contribution in [2.24, 2.45) is 5.92 Å². The van der Waals surface area contributed by atoms with Crippen molar-refractivity contribution >= 4 is 16.9 Å². The molecule has 1 aliphatic carbocycles. The third-order valence-electron chi connectivity index (χ3n) is 5.98. The van der Waals surface area contributed by atoms with E-state index in [1.165, 1.54) is 12.0 Å². The molecule has 2 aromatic heterocycles. The van der Waals surface area contributed by atoms with Gasteiger partial charge in [-0.25, -0.2) is 4.98 Å². The smallest absolute Gasteiger partial charge is 0.265 e. The van der Waals surface area contributed by atoms with Crippen molar-refractivity contribution in [3.63, 3.8) is 0 Å². The first-order valence-corrected chi connectivity index (χ1v) is 10.4. The standard InChI is InChI=1S/C24H27N3O2/c1-16-9-11-18(12-10-16)15-27-22-19(7-5-13-25-22)14-20(24(27)29)23(28)26-21-8-4-3-6-17(21)2/h5,7,9-14,17,21H,3-4,6,8,15H2,1-2H3,(H,26,28). The van der Waals surface area contributed by atoms with Crippen LogP contribution in [0.15, 0.2) is 53.5 Å². The lowest BCUT2D eigenvalue weighted by atomic mass is 9.86. The third kappa shape index (κ3) is 4.09. The maximum atomic E-state index is 13.3. The molecule has 1 saturated carbocycles. The Morgan fingerprint density at radius 2 is 1.93 bits per heavy atom. The van der Waals surface area contributed by atoms with Crippen LogP contribution in [-0.4, -0.2) is 21.5 Å². The Morgan fingerprint density at radius 1 is 1.17 bits per heavy atom. The second-order valence-electron chi connectivity index (χ2n) is 8.19. The topological polar surface area (TPSA) is 64.0 Å². The van der Waals surface area contributed by atoms with Crippen LogP contribution in [0.4, 0.5) is 0 Å². The third-order valence-corrected chi connectivity index (χ3v) is 5.98. The van der Waals surface area contributed by atoms with Crippen molar-refractivity contribution in [3.8, 4) is 0 Å². The first-order chi connectivity index (χ1) is 14.0. The van der Waals surface area contributed by atoms with Gasteiger partial charge in [0.1, 0.15) is 11.2 Å². The minimum Gasteiger partial charge on any atom is -0.349 e. The highest BCUT2D eigenvalue weighted by Crippen LogP contribution is 2.24. The van der Waals surface area contributed by atoms with Gasteiger partial charge < -0.3 is 5.32 Å². The van der Waals surface area contributed by atoms with Gasteiger partial charge in [0.15, 0.2) is 0 Å². The summed E-state index contributed by atoms with van der Waals surface area (Å²) in [5.74, 6) is 0.154. The summed E-state index contributed by atoms with van der Waals surface area (Å²) in [5.41, 5.74) is 2.66. The summed E-state index contributed by atoms with van der Waals surface area (Å²) in [7, 11) is 0. The largest absolute Gasteiger partial charge is 0.349 e. The molecule has 3 aromatic rings. The molecule has 0 aliphatic heterocycles. The van der Waals surface area contributed by atoms with Gasteiger partial charge in [-0.2, -0.15) is 0 Å². The highest BCUT2D eigenvalue weighted by atomic mass is 16.2. The molecule has 2 heterocycles. The van der Waals surface area contributed by atoms with Gasteiger partial charge in [0.2, 0.25) is 0 Å². The molecule has 0 bridgehead atoms. The van der Waals surface area contributed by atoms with Crippen molar-refractivity contribution in [1.29, 1.82) is 0 Å². The van der Waals surface area contributed by atoms with E-state index in [0.29, 0.717) is 18.1 Å². The summed E-state index contributed by atoms with van der Waals surface area (Å²) < 4.78 is 1.61. The molecule has 0 radical (unpaired) electrons. The average molecular weight is 389 g/mol. The molecule has 1 aromatic carbocycles. The fourth-order valence-electron chi connectivity index (χ4n) is 4.17. The number of amides is 1. The van der Waals surface area contributed by atoms with Gasteiger partial charge in [-0.3, -0.25) is 14.2 Å². The summed E-state index contributed by atoms with van der Waals surface area (Å²) in [6, 6.07) is 13.6. The van der Waals surface area contributed by atoms with E-state index in [0.717, 1.165) is 30.2 Å². The Morgan fingerprint density at radius 3 is 2.69 bits per heavy atom. The lowest BCUT2D eigenvalue weighted by Gasteiger charge is -2.29. The van der Waals surface area contributed by atoms with Crippen LogP contribution < -0.4 is 10.9 Å². The van der Waals surface area contributed by atoms with Gasteiger partial charge in [-0.1, -0.05) is 49.6 Å². The maximum absolute atomic E-state index is 13.3. The molecule has 4 rings (SSSR count). The average Bonchev–Trinajstić information content (AvgIpc) is 2.73. The molecule has 150 valence electrons. The molecule has 29 heavy (non-hydrogen) atoms. The summed E-state index contributed by atoms with van der Waals surface area (Å²) in [6.07, 6.45) is 6.09. The molecule has 0 saturated heterocycles. The molecule has 5 nitrogen and oxygen atoms in total. The molecule has 1 fully saturated rings. The Bertz CT molecular complexity index is 1090. The van der Waals surface area contributed by atoms with Crippen LogP contribution in [0.25, 0.3) is 11.0 Å². The van der Waals surface area contributed by atoms with E-state index >= 15 is 0 Å². The van der Waals surface area contributed by atoms with Crippen LogP contribution in [0.1, 0.15) is 54.1 Å². The van der Waals surface area contributed by atoms with Crippen LogP contribution in [-0.2, 0) is 6.54 Å². The fourth-order valence-corrected chi connectivity index (χ4v) is 4.17. The molecule has 1 aliphatic rings. The highest BCUT2D eigenvalue weighted by molar-refractivity contribution is 5.97. The number of hydrogen-bond donors (Lipinski definition) is 1. The zero-order chi connectivity index (χ0) is 20.4. The van der Waals surface area contributed by atoms with E-state index in [1.807, 2.05) is 43.3 Å². The number of carbonyl (C=O) groups excluding carboxylic acids is 1. The molecule has 1 amide bonds. The van der Waals surface area contributed by atoms with Crippen molar-refractivity contribution in [2.45, 2.75) is 52.1 Å². The van der Waals surface area contributed by atoms with Crippen LogP contribution in [0, 0.1) is 12.8 Å². The maximum Gasteiger partial charge on any atom is 0.265 e. The van der Waals surface area contributed by atoms with E-state index in [4.69, 9.17) is 0 Å². The molecule has 2 atom stereocenters. The number of nitrogens with one attached hydrogen (secondary N) is 1. The number of hydrogen-bond acceptors (Lipinski definition) is 3. The van der Waals surface area contributed by atoms with Gasteiger partial charge in [0.05, 0.1) is 6.54 Å². The normalized spacial score (nSPS) is 19.2. The second-order valence-corrected chi connectivity index (χ2v) is 8.19. The molecule has 0 spiro atoms. The molecular formula is C24H27N3O2. The first-order valence-electron chi connectivity index (χ1n) is 10.4. The van der Waals surface area contributed by atoms with Crippen LogP contribution in [0.3, 0.4) is 0 Å². The zero-order valence-electron chi connectivity index (χ0n) is 17.0. The summed E-state index contributed by atoms with van der Waals surface area (Å²) >= 11 is 0. The Kier molecular flexibility index (Phi) is 5.47. The summed E-state index contributed by atoms with van der Waals surface area (Å²) in [6.45, 7) is 4.59. The zero-order valence-corrected chi connectivity index (χ0v) is 17.0. The SMILES string of the molecule is Cc1ccc(Cn2c(=O)c(C(=O)NC3CCCCC3C)cc3cccnc32)cc1. The number of nitrogens with zero attached hydrogens (tertiary/aromatic N) is 2. The highest BCUT2D eigenvalue weighted by Gasteiger charge is 2.25. The second kappa shape index (κ2) is 8.19. The predicted molar refractivity (Wildman–Crippen MR) is 115 cm³/mol. The van der Waals surface area contributed by atoms with Crippen molar-refractivity contribution < 1.29 is 4.79 Å². The lowest BCUT2D eigenvalue weighted by molar-refractivity contribution is 0.0908. The van der Waals surface area contributed by atoms with Crippen LogP contribution in [0.2, 0.25) is 0 Å². The number of aromatic nitrogens is 2. The van der Waals surface area contributed by atoms with Crippen molar-refractivity contribution in [1.82, 2.24) is 14.9 Å². The van der Waals surface area contributed by atoms with Gasteiger partial charge in [-0.15, -0.1) is 0 Å². The van der Waals surface area contributed by atoms with Gasteiger partial charge in [-0.05, 0) is 49.4 Å². The number of carbonyl (C=O) groups is 1. The Balaban J connectivity index is 1.72. The number of pyridine rings is 2. The number of aryl methyl sites for hydroxylation is 1. The predicted octanol–water partition coefficient (Wildman–Crippen LogP) is 4.06. The first kappa shape index (κ1) is 19.4. The van der Waals surface area contributed by atoms with E-state index in [1.54, 1.807) is 16.8 Å². The Labute approximate surface area is 170 Å².